The molecule has 3 aliphatic heterocycles. The van der Waals surface area contributed by atoms with Gasteiger partial charge in [-0.3, -0.25) is 9.69 Å². The van der Waals surface area contributed by atoms with Crippen LogP contribution < -0.4 is 4.90 Å². The molecule has 1 amide bonds. The number of benzene rings is 2. The van der Waals surface area contributed by atoms with Crippen LogP contribution >= 0.6 is 23.2 Å². The van der Waals surface area contributed by atoms with Crippen molar-refractivity contribution < 1.29 is 19.4 Å². The molecule has 3 heterocycles. The number of piperidine rings is 2. The van der Waals surface area contributed by atoms with Crippen molar-refractivity contribution in [1.82, 2.24) is 9.80 Å². The first-order valence-corrected chi connectivity index (χ1v) is 12.9. The minimum atomic E-state index is -1.10. The van der Waals surface area contributed by atoms with Gasteiger partial charge in [0.2, 0.25) is 0 Å². The number of aliphatic hydroxyl groups excluding tert-OH is 1. The van der Waals surface area contributed by atoms with Crippen LogP contribution in [0.3, 0.4) is 0 Å². The predicted octanol–water partition coefficient (Wildman–Crippen LogP) is 3.90. The van der Waals surface area contributed by atoms with E-state index in [0.717, 1.165) is 25.1 Å². The van der Waals surface area contributed by atoms with Crippen molar-refractivity contribution in [1.29, 1.82) is 0 Å². The Morgan fingerprint density at radius 2 is 1.91 bits per heavy atom. The first-order valence-electron chi connectivity index (χ1n) is 12.2. The van der Waals surface area contributed by atoms with E-state index in [2.05, 4.69) is 9.80 Å². The normalized spacial score (nSPS) is 27.6. The Bertz CT molecular complexity index is 1120. The summed E-state index contributed by atoms with van der Waals surface area (Å²) in [7, 11) is 0. The molecule has 2 aromatic rings. The third-order valence-electron chi connectivity index (χ3n) is 7.65. The second-order valence-corrected chi connectivity index (χ2v) is 10.7. The van der Waals surface area contributed by atoms with E-state index in [1.54, 1.807) is 12.1 Å². The van der Waals surface area contributed by atoms with Crippen LogP contribution in [0.2, 0.25) is 10.0 Å². The molecule has 35 heavy (non-hydrogen) atoms. The number of anilines is 1. The molecule has 3 fully saturated rings. The Kier molecular flexibility index (Phi) is 6.98. The summed E-state index contributed by atoms with van der Waals surface area (Å²) < 4.78 is 13.6. The molecule has 6 nitrogen and oxygen atoms in total. The van der Waals surface area contributed by atoms with E-state index >= 15 is 0 Å². The van der Waals surface area contributed by atoms with Crippen LogP contribution in [0.4, 0.5) is 10.1 Å². The maximum Gasteiger partial charge on any atom is 0.255 e. The van der Waals surface area contributed by atoms with Gasteiger partial charge < -0.3 is 20.0 Å². The van der Waals surface area contributed by atoms with Crippen LogP contribution in [0.5, 0.6) is 0 Å². The molecule has 0 aliphatic carbocycles. The first kappa shape index (κ1) is 24.8. The number of halogens is 3. The number of hydrogen-bond acceptors (Lipinski definition) is 5. The topological polar surface area (TPSA) is 67.3 Å². The van der Waals surface area contributed by atoms with Crippen molar-refractivity contribution in [3.05, 3.63) is 63.4 Å². The lowest BCUT2D eigenvalue weighted by molar-refractivity contribution is -0.0740. The van der Waals surface area contributed by atoms with Gasteiger partial charge in [0.25, 0.3) is 5.91 Å². The van der Waals surface area contributed by atoms with Crippen LogP contribution in [-0.4, -0.2) is 77.3 Å². The van der Waals surface area contributed by atoms with Gasteiger partial charge in [-0.1, -0.05) is 35.3 Å². The third kappa shape index (κ3) is 4.89. The maximum atomic E-state index is 13.6. The number of rotatable bonds is 3. The molecule has 3 atom stereocenters. The minimum absolute atomic E-state index is 0.00614. The summed E-state index contributed by atoms with van der Waals surface area (Å²) in [6.45, 7) is 3.44. The molecule has 188 valence electrons. The number of aliphatic hydroxyl groups is 2. The summed E-state index contributed by atoms with van der Waals surface area (Å²) in [5, 5.41) is 21.8. The standard InChI is InChI=1S/C26H30Cl2FN3O3/c27-21-13-17(6-7-22(21)29)26(35)9-8-18-14-31(11-12-32(18)16-26)25(34)20-4-1-5-23(24(20)28)30-10-2-3-19(33)15-30/h1,4-7,13,18-19,33,35H,2-3,8-12,14-16H2/t18-,19-,26-/m1/s1. The van der Waals surface area contributed by atoms with E-state index in [4.69, 9.17) is 23.2 Å². The van der Waals surface area contributed by atoms with Crippen molar-refractivity contribution in [2.45, 2.75) is 43.4 Å². The molecule has 2 aromatic carbocycles. The van der Waals surface area contributed by atoms with E-state index in [-0.39, 0.29) is 23.1 Å². The lowest BCUT2D eigenvalue weighted by Gasteiger charge is -2.49. The van der Waals surface area contributed by atoms with Gasteiger partial charge in [-0.2, -0.15) is 0 Å². The summed E-state index contributed by atoms with van der Waals surface area (Å²) in [4.78, 5) is 19.6. The Morgan fingerprint density at radius 3 is 2.69 bits per heavy atom. The number of fused-ring (bicyclic) bond motifs is 1. The molecular weight excluding hydrogens is 492 g/mol. The summed E-state index contributed by atoms with van der Waals surface area (Å²) in [6, 6.07) is 10.0. The van der Waals surface area contributed by atoms with E-state index in [0.29, 0.717) is 61.7 Å². The zero-order chi connectivity index (χ0) is 24.7. The Balaban J connectivity index is 1.28. The van der Waals surface area contributed by atoms with E-state index in [1.165, 1.54) is 12.1 Å². The molecule has 0 bridgehead atoms. The number of nitrogens with zero attached hydrogens (tertiary/aromatic N) is 3. The number of β-amino-alcohol motifs (C(OH)–C–C–N with tert-alkyl or cyclic N) is 1. The van der Waals surface area contributed by atoms with Gasteiger partial charge in [-0.15, -0.1) is 0 Å². The molecule has 9 heteroatoms. The zero-order valence-corrected chi connectivity index (χ0v) is 21.0. The molecular formula is C26H30Cl2FN3O3. The highest BCUT2D eigenvalue weighted by molar-refractivity contribution is 6.36. The molecule has 0 radical (unpaired) electrons. The van der Waals surface area contributed by atoms with Crippen LogP contribution in [-0.2, 0) is 5.60 Å². The number of amides is 1. The van der Waals surface area contributed by atoms with Crippen LogP contribution in [0, 0.1) is 5.82 Å². The first-order chi connectivity index (χ1) is 16.7. The molecule has 5 rings (SSSR count). The lowest BCUT2D eigenvalue weighted by atomic mass is 9.82. The molecule has 3 saturated heterocycles. The number of carbonyl (C=O) groups excluding carboxylic acids is 1. The van der Waals surface area contributed by atoms with Gasteiger partial charge in [0.15, 0.2) is 0 Å². The van der Waals surface area contributed by atoms with Gasteiger partial charge in [0.05, 0.1) is 27.4 Å². The highest BCUT2D eigenvalue weighted by atomic mass is 35.5. The van der Waals surface area contributed by atoms with Gasteiger partial charge in [-0.05, 0) is 55.5 Å². The average Bonchev–Trinajstić information content (AvgIpc) is 2.85. The van der Waals surface area contributed by atoms with Crippen LogP contribution in [0.1, 0.15) is 41.6 Å². The second-order valence-electron chi connectivity index (χ2n) is 9.96. The Morgan fingerprint density at radius 1 is 1.09 bits per heavy atom. The summed E-state index contributed by atoms with van der Waals surface area (Å²) in [5.41, 5.74) is 0.783. The van der Waals surface area contributed by atoms with Crippen molar-refractivity contribution in [2.75, 3.05) is 44.2 Å². The fourth-order valence-corrected chi connectivity index (χ4v) is 6.18. The predicted molar refractivity (Wildman–Crippen MR) is 135 cm³/mol. The molecule has 0 saturated carbocycles. The summed E-state index contributed by atoms with van der Waals surface area (Å²) in [5.74, 6) is -0.598. The van der Waals surface area contributed by atoms with Crippen LogP contribution in [0.25, 0.3) is 0 Å². The minimum Gasteiger partial charge on any atom is -0.391 e. The van der Waals surface area contributed by atoms with Gasteiger partial charge >= 0.3 is 0 Å². The third-order valence-corrected chi connectivity index (χ3v) is 8.34. The van der Waals surface area contributed by atoms with E-state index in [1.807, 2.05) is 17.0 Å². The average molecular weight is 522 g/mol. The monoisotopic (exact) mass is 521 g/mol. The van der Waals surface area contributed by atoms with Gasteiger partial charge in [-0.25, -0.2) is 4.39 Å². The molecule has 3 aliphatic rings. The van der Waals surface area contributed by atoms with Gasteiger partial charge in [0, 0.05) is 45.3 Å². The molecule has 0 unspecified atom stereocenters. The zero-order valence-electron chi connectivity index (χ0n) is 19.5. The maximum absolute atomic E-state index is 13.6. The fraction of sp³-hybridized carbons (Fsp3) is 0.500. The summed E-state index contributed by atoms with van der Waals surface area (Å²) in [6.07, 6.45) is 2.49. The molecule has 2 N–H and O–H groups in total. The lowest BCUT2D eigenvalue weighted by Crippen LogP contribution is -2.60. The quantitative estimate of drug-likeness (QED) is 0.641. The van der Waals surface area contributed by atoms with Crippen molar-refractivity contribution in [2.24, 2.45) is 0 Å². The summed E-state index contributed by atoms with van der Waals surface area (Å²) >= 11 is 12.7. The Hall–Kier alpha value is -1.90. The molecule has 0 spiro atoms. The highest BCUT2D eigenvalue weighted by Gasteiger charge is 2.42. The SMILES string of the molecule is O=C(c1cccc(N2CCC[C@@H](O)C2)c1Cl)N1CCN2C[C@@](O)(c3ccc(F)c(Cl)c3)CC[C@@H]2C1. The van der Waals surface area contributed by atoms with Crippen LogP contribution in [0.15, 0.2) is 36.4 Å². The highest BCUT2D eigenvalue weighted by Crippen LogP contribution is 2.38. The smallest absolute Gasteiger partial charge is 0.255 e. The van der Waals surface area contributed by atoms with Crippen molar-refractivity contribution >= 4 is 34.8 Å². The Labute approximate surface area is 214 Å². The fourth-order valence-electron chi connectivity index (χ4n) is 5.67. The largest absolute Gasteiger partial charge is 0.391 e. The van der Waals surface area contributed by atoms with Crippen molar-refractivity contribution in [3.8, 4) is 0 Å². The molecule has 0 aromatic heterocycles. The number of carbonyl (C=O) groups is 1. The van der Waals surface area contributed by atoms with E-state index in [9.17, 15) is 19.4 Å². The second kappa shape index (κ2) is 9.87. The number of piperazine rings is 1. The number of hydrogen-bond donors (Lipinski definition) is 2. The van der Waals surface area contributed by atoms with E-state index < -0.39 is 11.4 Å². The van der Waals surface area contributed by atoms with Gasteiger partial charge in [0.1, 0.15) is 11.4 Å². The van der Waals surface area contributed by atoms with Crippen molar-refractivity contribution in [3.63, 3.8) is 0 Å².